The van der Waals surface area contributed by atoms with Crippen molar-refractivity contribution in [3.63, 3.8) is 0 Å². The van der Waals surface area contributed by atoms with Crippen LogP contribution in [0.4, 0.5) is 13.2 Å². The minimum Gasteiger partial charge on any atom is -0.366 e. The molecule has 0 saturated heterocycles. The second kappa shape index (κ2) is 4.73. The third-order valence-corrected chi connectivity index (χ3v) is 3.27. The van der Waals surface area contributed by atoms with Gasteiger partial charge in [0.1, 0.15) is 0 Å². The van der Waals surface area contributed by atoms with Gasteiger partial charge in [-0.2, -0.15) is 13.2 Å². The van der Waals surface area contributed by atoms with Crippen molar-refractivity contribution in [2.75, 3.05) is 0 Å². The molecular formula is C14H12ClF3O. The number of aryl methyl sites for hydroxylation is 1. The molecule has 1 aliphatic rings. The molecular weight excluding hydrogens is 277 g/mol. The maximum atomic E-state index is 13.2. The molecule has 1 aromatic rings. The molecule has 1 nitrogen and oxygen atoms in total. The van der Waals surface area contributed by atoms with Gasteiger partial charge in [-0.25, -0.2) is 0 Å². The van der Waals surface area contributed by atoms with Crippen molar-refractivity contribution in [2.45, 2.75) is 31.5 Å². The van der Waals surface area contributed by atoms with E-state index in [1.54, 1.807) is 0 Å². The maximum absolute atomic E-state index is 13.2. The van der Waals surface area contributed by atoms with E-state index < -0.39 is 11.8 Å². The Morgan fingerprint density at radius 3 is 2.47 bits per heavy atom. The van der Waals surface area contributed by atoms with E-state index in [0.717, 1.165) is 18.9 Å². The Bertz CT molecular complexity index is 552. The first-order valence-electron chi connectivity index (χ1n) is 5.82. The Balaban J connectivity index is 2.54. The molecule has 0 heterocycles. The highest BCUT2D eigenvalue weighted by atomic mass is 35.5. The van der Waals surface area contributed by atoms with Gasteiger partial charge >= 0.3 is 6.18 Å². The molecule has 0 bridgehead atoms. The highest BCUT2D eigenvalue weighted by molar-refractivity contribution is 6.30. The lowest BCUT2D eigenvalue weighted by Crippen LogP contribution is -2.41. The average molecular weight is 289 g/mol. The molecule has 1 fully saturated rings. The lowest BCUT2D eigenvalue weighted by atomic mass is 9.90. The second-order valence-electron chi connectivity index (χ2n) is 4.71. The van der Waals surface area contributed by atoms with E-state index in [-0.39, 0.29) is 16.5 Å². The molecule has 1 atom stereocenters. The molecule has 1 N–H and O–H groups in total. The fraction of sp³-hybridized carbons (Fsp3) is 0.429. The molecule has 0 radical (unpaired) electrons. The van der Waals surface area contributed by atoms with Gasteiger partial charge in [-0.3, -0.25) is 0 Å². The number of benzene rings is 1. The zero-order valence-corrected chi connectivity index (χ0v) is 10.9. The van der Waals surface area contributed by atoms with Gasteiger partial charge in [-0.1, -0.05) is 29.5 Å². The van der Waals surface area contributed by atoms with Gasteiger partial charge in [0.15, 0.2) is 0 Å². The first kappa shape index (κ1) is 14.2. The van der Waals surface area contributed by atoms with Gasteiger partial charge < -0.3 is 5.11 Å². The molecule has 5 heteroatoms. The third kappa shape index (κ3) is 2.88. The molecule has 0 amide bonds. The van der Waals surface area contributed by atoms with Crippen LogP contribution in [0.2, 0.25) is 5.02 Å². The third-order valence-electron chi connectivity index (χ3n) is 3.03. The topological polar surface area (TPSA) is 20.2 Å². The summed E-state index contributed by atoms with van der Waals surface area (Å²) in [5.41, 5.74) is -3.17. The Labute approximate surface area is 114 Å². The Hall–Kier alpha value is -1.18. The van der Waals surface area contributed by atoms with E-state index in [0.29, 0.717) is 5.56 Å². The van der Waals surface area contributed by atoms with E-state index >= 15 is 0 Å². The van der Waals surface area contributed by atoms with E-state index in [4.69, 9.17) is 11.6 Å². The summed E-state index contributed by atoms with van der Waals surface area (Å²) in [5.74, 6) is 4.46. The minimum absolute atomic E-state index is 0.0339. The first-order valence-corrected chi connectivity index (χ1v) is 6.20. The van der Waals surface area contributed by atoms with Crippen molar-refractivity contribution in [1.29, 1.82) is 0 Å². The van der Waals surface area contributed by atoms with Crippen LogP contribution >= 0.6 is 11.6 Å². The zero-order valence-electron chi connectivity index (χ0n) is 10.2. The summed E-state index contributed by atoms with van der Waals surface area (Å²) in [4.78, 5) is 0. The Morgan fingerprint density at radius 1 is 1.32 bits per heavy atom. The van der Waals surface area contributed by atoms with Crippen LogP contribution in [-0.2, 0) is 5.60 Å². The van der Waals surface area contributed by atoms with Gasteiger partial charge in [-0.05, 0) is 37.5 Å². The number of hydrogen-bond acceptors (Lipinski definition) is 1. The average Bonchev–Trinajstić information content (AvgIpc) is 3.11. The Kier molecular flexibility index (Phi) is 3.55. The predicted molar refractivity (Wildman–Crippen MR) is 66.6 cm³/mol. The smallest absolute Gasteiger partial charge is 0.366 e. The minimum atomic E-state index is -4.87. The summed E-state index contributed by atoms with van der Waals surface area (Å²) in [6.45, 7) is 1.49. The van der Waals surface area contributed by atoms with Crippen LogP contribution in [0.15, 0.2) is 18.2 Å². The standard InChI is InChI=1S/C14H12ClF3O/c1-9-2-5-11(15)8-12(9)13(19,14(16,17)18)7-6-10-3-4-10/h2,5,8,10,19H,3-4H2,1H3/t13-/m0/s1. The first-order chi connectivity index (χ1) is 8.74. The highest BCUT2D eigenvalue weighted by Gasteiger charge is 2.55. The number of aliphatic hydroxyl groups is 1. The predicted octanol–water partition coefficient (Wildman–Crippen LogP) is 3.81. The number of rotatable bonds is 1. The number of alkyl halides is 3. The fourth-order valence-electron chi connectivity index (χ4n) is 1.71. The number of hydrogen-bond donors (Lipinski definition) is 1. The molecule has 0 aliphatic heterocycles. The second-order valence-corrected chi connectivity index (χ2v) is 5.15. The summed E-state index contributed by atoms with van der Waals surface area (Å²) >= 11 is 5.72. The quantitative estimate of drug-likeness (QED) is 0.779. The summed E-state index contributed by atoms with van der Waals surface area (Å²) < 4.78 is 39.5. The van der Waals surface area contributed by atoms with Crippen LogP contribution in [0, 0.1) is 24.7 Å². The van der Waals surface area contributed by atoms with Crippen molar-refractivity contribution >= 4 is 11.6 Å². The monoisotopic (exact) mass is 288 g/mol. The molecule has 1 aliphatic carbocycles. The molecule has 1 aromatic carbocycles. The Morgan fingerprint density at radius 2 is 1.95 bits per heavy atom. The summed E-state index contributed by atoms with van der Waals surface area (Å²) in [7, 11) is 0. The molecule has 0 aromatic heterocycles. The largest absolute Gasteiger partial charge is 0.433 e. The van der Waals surface area contributed by atoms with Crippen LogP contribution in [0.25, 0.3) is 0 Å². The highest BCUT2D eigenvalue weighted by Crippen LogP contribution is 2.41. The summed E-state index contributed by atoms with van der Waals surface area (Å²) in [6, 6.07) is 4.03. The van der Waals surface area contributed by atoms with Crippen molar-refractivity contribution in [1.82, 2.24) is 0 Å². The SMILES string of the molecule is Cc1ccc(Cl)cc1[C@@](O)(C#CC1CC1)C(F)(F)F. The summed E-state index contributed by atoms with van der Waals surface area (Å²) in [5, 5.41) is 10.2. The van der Waals surface area contributed by atoms with E-state index in [1.165, 1.54) is 19.1 Å². The van der Waals surface area contributed by atoms with Crippen molar-refractivity contribution in [3.05, 3.63) is 34.3 Å². The van der Waals surface area contributed by atoms with E-state index in [1.807, 2.05) is 5.92 Å². The lowest BCUT2D eigenvalue weighted by Gasteiger charge is -2.27. The van der Waals surface area contributed by atoms with E-state index in [9.17, 15) is 18.3 Å². The van der Waals surface area contributed by atoms with Crippen molar-refractivity contribution in [2.24, 2.45) is 5.92 Å². The van der Waals surface area contributed by atoms with Crippen LogP contribution in [-0.4, -0.2) is 11.3 Å². The lowest BCUT2D eigenvalue weighted by molar-refractivity contribution is -0.241. The van der Waals surface area contributed by atoms with Crippen molar-refractivity contribution in [3.8, 4) is 11.8 Å². The van der Waals surface area contributed by atoms with Gasteiger partial charge in [0.05, 0.1) is 0 Å². The molecule has 19 heavy (non-hydrogen) atoms. The summed E-state index contributed by atoms with van der Waals surface area (Å²) in [6.07, 6.45) is -3.30. The van der Waals surface area contributed by atoms with Crippen LogP contribution in [0.5, 0.6) is 0 Å². The number of halogens is 4. The molecule has 1 saturated carbocycles. The van der Waals surface area contributed by atoms with Crippen LogP contribution in [0.1, 0.15) is 24.0 Å². The van der Waals surface area contributed by atoms with Crippen molar-refractivity contribution < 1.29 is 18.3 Å². The maximum Gasteiger partial charge on any atom is 0.433 e. The van der Waals surface area contributed by atoms with Crippen LogP contribution in [0.3, 0.4) is 0 Å². The zero-order chi connectivity index (χ0) is 14.3. The van der Waals surface area contributed by atoms with Gasteiger partial charge in [0.2, 0.25) is 5.60 Å². The van der Waals surface area contributed by atoms with Gasteiger partial charge in [-0.15, -0.1) is 0 Å². The normalized spacial score (nSPS) is 18.4. The van der Waals surface area contributed by atoms with Gasteiger partial charge in [0.25, 0.3) is 0 Å². The molecule has 0 unspecified atom stereocenters. The van der Waals surface area contributed by atoms with Crippen LogP contribution < -0.4 is 0 Å². The molecule has 102 valence electrons. The van der Waals surface area contributed by atoms with Gasteiger partial charge in [0, 0.05) is 16.5 Å². The van der Waals surface area contributed by atoms with E-state index in [2.05, 4.69) is 5.92 Å². The molecule has 2 rings (SSSR count). The molecule has 0 spiro atoms. The fourth-order valence-corrected chi connectivity index (χ4v) is 1.88.